The third-order valence-corrected chi connectivity index (χ3v) is 4.30. The van der Waals surface area contributed by atoms with E-state index in [9.17, 15) is 40.5 Å². The van der Waals surface area contributed by atoms with Crippen LogP contribution in [0.15, 0.2) is 0 Å². The lowest BCUT2D eigenvalue weighted by Crippen LogP contribution is -2.70. The molecule has 0 spiro atoms. The molecule has 2 rings (SSSR count). The first-order valence-corrected chi connectivity index (χ1v) is 7.46. The van der Waals surface area contributed by atoms with Crippen molar-refractivity contribution in [3.05, 3.63) is 0 Å². The normalized spacial score (nSPS) is 46.6. The number of ether oxygens (including phenoxy) is 2. The highest BCUT2D eigenvalue weighted by Gasteiger charge is 2.52. The Balaban J connectivity index is 2.33. The van der Waals surface area contributed by atoms with E-state index in [1.54, 1.807) is 0 Å². The fourth-order valence-corrected chi connectivity index (χ4v) is 3.01. The second kappa shape index (κ2) is 7.56. The minimum absolute atomic E-state index is 0.385. The maximum absolute atomic E-state index is 12.1. The van der Waals surface area contributed by atoms with E-state index in [1.165, 1.54) is 0 Å². The average molecular weight is 353 g/mol. The summed E-state index contributed by atoms with van der Waals surface area (Å²) in [5.74, 6) is -0.739. The molecule has 0 aromatic rings. The van der Waals surface area contributed by atoms with Gasteiger partial charge in [-0.1, -0.05) is 0 Å². The largest absolute Gasteiger partial charge is 0.394 e. The second-order valence-corrected chi connectivity index (χ2v) is 5.92. The molecular weight excluding hydrogens is 330 g/mol. The van der Waals surface area contributed by atoms with Crippen LogP contribution in [0, 0.1) is 0 Å². The summed E-state index contributed by atoms with van der Waals surface area (Å²) >= 11 is 0. The van der Waals surface area contributed by atoms with Crippen molar-refractivity contribution in [1.29, 1.82) is 0 Å². The van der Waals surface area contributed by atoms with Crippen LogP contribution in [0.5, 0.6) is 0 Å². The molecule has 7 N–H and O–H groups in total. The lowest BCUT2D eigenvalue weighted by Gasteiger charge is -2.49. The van der Waals surface area contributed by atoms with Gasteiger partial charge in [0.05, 0.1) is 19.3 Å². The number of hydrogen-bond acceptors (Lipinski definition) is 10. The van der Waals surface area contributed by atoms with Gasteiger partial charge in [-0.3, -0.25) is 4.79 Å². The van der Waals surface area contributed by atoms with E-state index < -0.39 is 67.7 Å². The molecule has 2 heterocycles. The molecule has 11 nitrogen and oxygen atoms in total. The van der Waals surface area contributed by atoms with Gasteiger partial charge in [-0.2, -0.15) is 0 Å². The Hall–Kier alpha value is -0.890. The predicted octanol–water partition coefficient (Wildman–Crippen LogP) is -4.93. The van der Waals surface area contributed by atoms with Crippen molar-refractivity contribution < 1.29 is 50.0 Å². The van der Waals surface area contributed by atoms with Gasteiger partial charge in [0.25, 0.3) is 0 Å². The van der Waals surface area contributed by atoms with Crippen molar-refractivity contribution in [1.82, 2.24) is 4.90 Å². The van der Waals surface area contributed by atoms with Crippen molar-refractivity contribution in [2.45, 2.75) is 62.1 Å². The van der Waals surface area contributed by atoms with Crippen LogP contribution >= 0.6 is 0 Å². The highest BCUT2D eigenvalue weighted by atomic mass is 16.6. The molecule has 0 bridgehead atoms. The molecule has 1 amide bonds. The number of hydrogen-bond donors (Lipinski definition) is 7. The van der Waals surface area contributed by atoms with Crippen LogP contribution in [0.25, 0.3) is 0 Å². The standard InChI is InChI=1S/C13H23NO10/c1-4(16)14(7-5(17)3-23-13(22)9(7)19)12-11(21)10(20)8(18)6(2-15)24-12/h5-13,15,17-22H,2-3H2,1H3/t5-,6-,7+,8+,9-,10+,11-,12-,13-/m1/s1. The molecule has 140 valence electrons. The molecule has 11 heteroatoms. The Morgan fingerprint density at radius 1 is 1.04 bits per heavy atom. The molecule has 24 heavy (non-hydrogen) atoms. The third kappa shape index (κ3) is 3.40. The third-order valence-electron chi connectivity index (χ3n) is 4.30. The second-order valence-electron chi connectivity index (χ2n) is 5.92. The summed E-state index contributed by atoms with van der Waals surface area (Å²) in [5, 5.41) is 68.7. The van der Waals surface area contributed by atoms with Crippen molar-refractivity contribution >= 4 is 5.91 Å². The van der Waals surface area contributed by atoms with E-state index in [-0.39, 0.29) is 6.61 Å². The zero-order valence-electron chi connectivity index (χ0n) is 12.9. The van der Waals surface area contributed by atoms with Gasteiger partial charge in [-0.25, -0.2) is 0 Å². The molecule has 0 unspecified atom stereocenters. The van der Waals surface area contributed by atoms with Gasteiger partial charge in [0.15, 0.2) is 12.5 Å². The van der Waals surface area contributed by atoms with E-state index in [4.69, 9.17) is 9.47 Å². The first kappa shape index (κ1) is 19.4. The van der Waals surface area contributed by atoms with E-state index in [0.717, 1.165) is 11.8 Å². The van der Waals surface area contributed by atoms with Crippen molar-refractivity contribution in [3.8, 4) is 0 Å². The van der Waals surface area contributed by atoms with Gasteiger partial charge in [0.2, 0.25) is 5.91 Å². The Bertz CT molecular complexity index is 448. The molecular formula is C13H23NO10. The van der Waals surface area contributed by atoms with Gasteiger partial charge in [0.1, 0.15) is 36.6 Å². The molecule has 0 aromatic carbocycles. The number of aliphatic hydroxyl groups excluding tert-OH is 7. The van der Waals surface area contributed by atoms with Gasteiger partial charge in [-0.15, -0.1) is 0 Å². The first-order valence-electron chi connectivity index (χ1n) is 7.46. The van der Waals surface area contributed by atoms with Gasteiger partial charge >= 0.3 is 0 Å². The Morgan fingerprint density at radius 2 is 1.67 bits per heavy atom. The fourth-order valence-electron chi connectivity index (χ4n) is 3.01. The molecule has 0 saturated carbocycles. The van der Waals surface area contributed by atoms with Crippen LogP contribution in [0.1, 0.15) is 6.92 Å². The average Bonchev–Trinajstić information content (AvgIpc) is 2.54. The minimum atomic E-state index is -1.77. The lowest BCUT2D eigenvalue weighted by molar-refractivity contribution is -0.293. The number of carbonyl (C=O) groups excluding carboxylic acids is 1. The van der Waals surface area contributed by atoms with Crippen LogP contribution < -0.4 is 0 Å². The maximum Gasteiger partial charge on any atom is 0.221 e. The Labute approximate surface area is 137 Å². The molecule has 0 aliphatic carbocycles. The zero-order valence-corrected chi connectivity index (χ0v) is 12.9. The summed E-state index contributed by atoms with van der Waals surface area (Å²) in [5.41, 5.74) is 0. The van der Waals surface area contributed by atoms with Crippen molar-refractivity contribution in [2.75, 3.05) is 13.2 Å². The summed E-state index contributed by atoms with van der Waals surface area (Å²) < 4.78 is 10.0. The molecule has 2 fully saturated rings. The maximum atomic E-state index is 12.1. The number of nitrogens with zero attached hydrogens (tertiary/aromatic N) is 1. The minimum Gasteiger partial charge on any atom is -0.394 e. The van der Waals surface area contributed by atoms with E-state index >= 15 is 0 Å². The van der Waals surface area contributed by atoms with Gasteiger partial charge < -0.3 is 50.1 Å². The van der Waals surface area contributed by atoms with Crippen molar-refractivity contribution in [2.24, 2.45) is 0 Å². The quantitative estimate of drug-likeness (QED) is 0.260. The fraction of sp³-hybridized carbons (Fsp3) is 0.923. The van der Waals surface area contributed by atoms with Crippen LogP contribution in [-0.2, 0) is 14.3 Å². The van der Waals surface area contributed by atoms with E-state index in [1.807, 2.05) is 0 Å². The van der Waals surface area contributed by atoms with E-state index in [2.05, 4.69) is 0 Å². The summed E-state index contributed by atoms with van der Waals surface area (Å²) in [6.45, 7) is -0.0124. The van der Waals surface area contributed by atoms with E-state index in [0.29, 0.717) is 0 Å². The number of aliphatic hydroxyl groups is 7. The van der Waals surface area contributed by atoms with Crippen LogP contribution in [0.3, 0.4) is 0 Å². The number of carbonyl (C=O) groups is 1. The molecule has 2 aliphatic rings. The van der Waals surface area contributed by atoms with Crippen LogP contribution in [0.4, 0.5) is 0 Å². The summed E-state index contributed by atoms with van der Waals surface area (Å²) in [6.07, 6.45) is -12.8. The highest BCUT2D eigenvalue weighted by molar-refractivity contribution is 5.74. The molecule has 0 aromatic heterocycles. The lowest BCUT2D eigenvalue weighted by atomic mass is 9.94. The topological polar surface area (TPSA) is 180 Å². The Morgan fingerprint density at radius 3 is 2.21 bits per heavy atom. The zero-order chi connectivity index (χ0) is 18.2. The van der Waals surface area contributed by atoms with Crippen LogP contribution in [0.2, 0.25) is 0 Å². The predicted molar refractivity (Wildman–Crippen MR) is 74.0 cm³/mol. The smallest absolute Gasteiger partial charge is 0.221 e. The molecule has 2 aliphatic heterocycles. The van der Waals surface area contributed by atoms with Gasteiger partial charge in [0, 0.05) is 6.92 Å². The van der Waals surface area contributed by atoms with Gasteiger partial charge in [-0.05, 0) is 0 Å². The molecule has 9 atom stereocenters. The Kier molecular flexibility index (Phi) is 6.12. The summed E-state index contributed by atoms with van der Waals surface area (Å²) in [6, 6.07) is -1.40. The van der Waals surface area contributed by atoms with Crippen molar-refractivity contribution in [3.63, 3.8) is 0 Å². The summed E-state index contributed by atoms with van der Waals surface area (Å²) in [7, 11) is 0. The monoisotopic (exact) mass is 353 g/mol. The summed E-state index contributed by atoms with van der Waals surface area (Å²) in [4.78, 5) is 12.8. The SMILES string of the molecule is CC(=O)N([C@@H]1[C@@H](O)[C@H](O)OC[C@H]1O)[C@@H]1O[C@H](CO)[C@H](O)[C@H](O)[C@H]1O. The number of amides is 1. The highest BCUT2D eigenvalue weighted by Crippen LogP contribution is 2.29. The number of rotatable bonds is 3. The molecule has 0 radical (unpaired) electrons. The molecule has 2 saturated heterocycles. The van der Waals surface area contributed by atoms with Crippen LogP contribution in [-0.4, -0.2) is 115 Å². The first-order chi connectivity index (χ1) is 11.2.